The number of halogens is 2. The van der Waals surface area contributed by atoms with E-state index in [9.17, 15) is 17.2 Å². The van der Waals surface area contributed by atoms with E-state index in [1.165, 1.54) is 11.3 Å². The minimum atomic E-state index is -4.14. The SMILES string of the molecule is O=S(=O)(NC1(c2cccs2)CCCC1)c1cc(F)ccc1F. The minimum absolute atomic E-state index is 0.643. The lowest BCUT2D eigenvalue weighted by atomic mass is 9.97. The van der Waals surface area contributed by atoms with Gasteiger partial charge in [-0.15, -0.1) is 11.3 Å². The van der Waals surface area contributed by atoms with E-state index in [1.54, 1.807) is 0 Å². The predicted octanol–water partition coefficient (Wildman–Crippen LogP) is 3.77. The van der Waals surface area contributed by atoms with Crippen molar-refractivity contribution in [3.63, 3.8) is 0 Å². The molecule has 3 rings (SSSR count). The largest absolute Gasteiger partial charge is 0.244 e. The standard InChI is InChI=1S/C15H15F2NO2S2/c16-11-5-6-12(17)13(10-11)22(19,20)18-15(7-1-2-8-15)14-4-3-9-21-14/h3-6,9-10,18H,1-2,7-8H2. The zero-order valence-electron chi connectivity index (χ0n) is 11.7. The minimum Gasteiger partial charge on any atom is -0.207 e. The molecule has 2 aromatic rings. The van der Waals surface area contributed by atoms with Gasteiger partial charge in [0, 0.05) is 4.88 Å². The molecular weight excluding hydrogens is 328 g/mol. The Kier molecular flexibility index (Phi) is 4.05. The van der Waals surface area contributed by atoms with Crippen LogP contribution in [0.4, 0.5) is 8.78 Å². The number of rotatable bonds is 4. The lowest BCUT2D eigenvalue weighted by molar-refractivity contribution is 0.410. The molecular formula is C15H15F2NO2S2. The summed E-state index contributed by atoms with van der Waals surface area (Å²) in [4.78, 5) is 0.265. The molecule has 118 valence electrons. The van der Waals surface area contributed by atoms with Gasteiger partial charge < -0.3 is 0 Å². The topological polar surface area (TPSA) is 46.2 Å². The van der Waals surface area contributed by atoms with Crippen LogP contribution in [0, 0.1) is 11.6 Å². The molecule has 1 N–H and O–H groups in total. The Morgan fingerprint density at radius 2 is 1.86 bits per heavy atom. The summed E-state index contributed by atoms with van der Waals surface area (Å²) in [6, 6.07) is 6.18. The Balaban J connectivity index is 2.01. The molecule has 0 spiro atoms. The molecule has 0 atom stereocenters. The van der Waals surface area contributed by atoms with Crippen LogP contribution in [-0.2, 0) is 15.6 Å². The van der Waals surface area contributed by atoms with Crippen molar-refractivity contribution in [1.82, 2.24) is 4.72 Å². The second kappa shape index (κ2) is 5.72. The number of thiophene rings is 1. The van der Waals surface area contributed by atoms with E-state index >= 15 is 0 Å². The lowest BCUT2D eigenvalue weighted by Gasteiger charge is -2.29. The molecule has 0 unspecified atom stereocenters. The molecule has 0 saturated heterocycles. The summed E-state index contributed by atoms with van der Waals surface area (Å²) in [5.41, 5.74) is -0.717. The number of nitrogens with one attached hydrogen (secondary N) is 1. The van der Waals surface area contributed by atoms with Crippen molar-refractivity contribution in [2.45, 2.75) is 36.1 Å². The van der Waals surface area contributed by atoms with Crippen molar-refractivity contribution in [2.24, 2.45) is 0 Å². The zero-order chi connectivity index (χ0) is 15.8. The summed E-state index contributed by atoms with van der Waals surface area (Å²) >= 11 is 1.47. The van der Waals surface area contributed by atoms with Gasteiger partial charge in [0.1, 0.15) is 16.5 Å². The van der Waals surface area contributed by atoms with Gasteiger partial charge in [0.2, 0.25) is 10.0 Å². The van der Waals surface area contributed by atoms with E-state index in [4.69, 9.17) is 0 Å². The van der Waals surface area contributed by atoms with Crippen LogP contribution in [0.15, 0.2) is 40.6 Å². The summed E-state index contributed by atoms with van der Waals surface area (Å²) in [6.07, 6.45) is 3.10. The van der Waals surface area contributed by atoms with Gasteiger partial charge in [0.05, 0.1) is 5.54 Å². The van der Waals surface area contributed by atoms with Crippen LogP contribution in [0.5, 0.6) is 0 Å². The smallest absolute Gasteiger partial charge is 0.207 e. The summed E-state index contributed by atoms with van der Waals surface area (Å²) in [6.45, 7) is 0. The Morgan fingerprint density at radius 3 is 2.50 bits per heavy atom. The third-order valence-electron chi connectivity index (χ3n) is 3.96. The first-order chi connectivity index (χ1) is 10.4. The average Bonchev–Trinajstić information content (AvgIpc) is 3.12. The molecule has 22 heavy (non-hydrogen) atoms. The Morgan fingerprint density at radius 1 is 1.14 bits per heavy atom. The third kappa shape index (κ3) is 2.80. The van der Waals surface area contributed by atoms with Crippen molar-refractivity contribution >= 4 is 21.4 Å². The Bertz CT molecular complexity index is 767. The molecule has 1 aromatic carbocycles. The van der Waals surface area contributed by atoms with Gasteiger partial charge in [-0.3, -0.25) is 0 Å². The highest BCUT2D eigenvalue weighted by atomic mass is 32.2. The quantitative estimate of drug-likeness (QED) is 0.918. The van der Waals surface area contributed by atoms with Gasteiger partial charge in [-0.25, -0.2) is 17.2 Å². The van der Waals surface area contributed by atoms with Crippen LogP contribution in [0.25, 0.3) is 0 Å². The van der Waals surface area contributed by atoms with Crippen LogP contribution in [0.2, 0.25) is 0 Å². The van der Waals surface area contributed by atoms with Gasteiger partial charge in [0.15, 0.2) is 0 Å². The Labute approximate surface area is 132 Å². The summed E-state index contributed by atoms with van der Waals surface area (Å²) in [5, 5.41) is 1.88. The van der Waals surface area contributed by atoms with E-state index < -0.39 is 32.1 Å². The normalized spacial score (nSPS) is 17.7. The molecule has 1 aliphatic rings. The number of sulfonamides is 1. The molecule has 0 bridgehead atoms. The van der Waals surface area contributed by atoms with E-state index in [-0.39, 0.29) is 0 Å². The Hall–Kier alpha value is -1.31. The van der Waals surface area contributed by atoms with Crippen molar-refractivity contribution < 1.29 is 17.2 Å². The fourth-order valence-electron chi connectivity index (χ4n) is 2.92. The highest BCUT2D eigenvalue weighted by molar-refractivity contribution is 7.89. The summed E-state index contributed by atoms with van der Waals surface area (Å²) in [5.74, 6) is -1.73. The first-order valence-corrected chi connectivity index (χ1v) is 9.32. The van der Waals surface area contributed by atoms with E-state index in [2.05, 4.69) is 4.72 Å². The first-order valence-electron chi connectivity index (χ1n) is 6.96. The van der Waals surface area contributed by atoms with E-state index in [1.807, 2.05) is 17.5 Å². The van der Waals surface area contributed by atoms with Crippen LogP contribution in [-0.4, -0.2) is 8.42 Å². The van der Waals surface area contributed by atoms with Gasteiger partial charge in [0.25, 0.3) is 0 Å². The molecule has 0 aliphatic heterocycles. The average molecular weight is 343 g/mol. The van der Waals surface area contributed by atoms with E-state index in [0.717, 1.165) is 35.9 Å². The highest BCUT2D eigenvalue weighted by Crippen LogP contribution is 2.42. The van der Waals surface area contributed by atoms with Crippen LogP contribution in [0.3, 0.4) is 0 Å². The van der Waals surface area contributed by atoms with Crippen LogP contribution < -0.4 is 4.72 Å². The maximum atomic E-state index is 13.8. The van der Waals surface area contributed by atoms with Gasteiger partial charge >= 0.3 is 0 Å². The van der Waals surface area contributed by atoms with Crippen LogP contribution >= 0.6 is 11.3 Å². The fourth-order valence-corrected chi connectivity index (χ4v) is 5.46. The maximum absolute atomic E-state index is 13.8. The maximum Gasteiger partial charge on any atom is 0.244 e. The zero-order valence-corrected chi connectivity index (χ0v) is 13.3. The second-order valence-electron chi connectivity index (χ2n) is 5.45. The van der Waals surface area contributed by atoms with Gasteiger partial charge in [-0.1, -0.05) is 18.9 Å². The number of hydrogen-bond acceptors (Lipinski definition) is 3. The predicted molar refractivity (Wildman–Crippen MR) is 81.1 cm³/mol. The second-order valence-corrected chi connectivity index (χ2v) is 8.05. The highest BCUT2D eigenvalue weighted by Gasteiger charge is 2.41. The molecule has 3 nitrogen and oxygen atoms in total. The van der Waals surface area contributed by atoms with Crippen molar-refractivity contribution in [2.75, 3.05) is 0 Å². The van der Waals surface area contributed by atoms with Crippen molar-refractivity contribution in [3.05, 3.63) is 52.2 Å². The number of benzene rings is 1. The third-order valence-corrected chi connectivity index (χ3v) is 6.59. The van der Waals surface area contributed by atoms with Crippen LogP contribution in [0.1, 0.15) is 30.6 Å². The van der Waals surface area contributed by atoms with Crippen molar-refractivity contribution in [1.29, 1.82) is 0 Å². The van der Waals surface area contributed by atoms with E-state index in [0.29, 0.717) is 12.8 Å². The fraction of sp³-hybridized carbons (Fsp3) is 0.333. The molecule has 7 heteroatoms. The molecule has 1 aliphatic carbocycles. The molecule has 1 aromatic heterocycles. The summed E-state index contributed by atoms with van der Waals surface area (Å²) < 4.78 is 54.9. The number of hydrogen-bond donors (Lipinski definition) is 1. The molecule has 0 radical (unpaired) electrons. The molecule has 0 amide bonds. The van der Waals surface area contributed by atoms with Gasteiger partial charge in [-0.2, -0.15) is 4.72 Å². The summed E-state index contributed by atoms with van der Waals surface area (Å²) in [7, 11) is -4.14. The monoisotopic (exact) mass is 343 g/mol. The molecule has 1 heterocycles. The lowest BCUT2D eigenvalue weighted by Crippen LogP contribution is -2.43. The first kappa shape index (κ1) is 15.6. The van der Waals surface area contributed by atoms with Crippen molar-refractivity contribution in [3.8, 4) is 0 Å². The molecule has 1 saturated carbocycles. The molecule has 1 fully saturated rings. The van der Waals surface area contributed by atoms with Gasteiger partial charge in [-0.05, 0) is 42.5 Å².